The smallest absolute Gasteiger partial charge is 0.298 e. The first-order valence-corrected chi connectivity index (χ1v) is 5.66. The van der Waals surface area contributed by atoms with Crippen LogP contribution in [0.1, 0.15) is 5.56 Å². The van der Waals surface area contributed by atoms with Crippen LogP contribution in [-0.2, 0) is 6.54 Å². The third-order valence-electron chi connectivity index (χ3n) is 2.31. The molecule has 0 unspecified atom stereocenters. The molecule has 0 radical (unpaired) electrons. The molecule has 94 valence electrons. The maximum Gasteiger partial charge on any atom is 0.329 e. The maximum atomic E-state index is 13.0. The van der Waals surface area contributed by atoms with Gasteiger partial charge < -0.3 is 0 Å². The average Bonchev–Trinajstić information content (AvgIpc) is 2.28. The first-order valence-electron chi connectivity index (χ1n) is 4.91. The highest BCUT2D eigenvalue weighted by atomic mass is 35.5. The zero-order chi connectivity index (χ0) is 13.3. The number of benzene rings is 1. The highest BCUT2D eigenvalue weighted by molar-refractivity contribution is 6.30. The van der Waals surface area contributed by atoms with Crippen molar-refractivity contribution >= 4 is 23.2 Å². The van der Waals surface area contributed by atoms with E-state index in [0.29, 0.717) is 5.56 Å². The lowest BCUT2D eigenvalue weighted by Gasteiger charge is -2.05. The fourth-order valence-electron chi connectivity index (χ4n) is 1.46. The van der Waals surface area contributed by atoms with Gasteiger partial charge in [-0.3, -0.25) is 14.3 Å². The van der Waals surface area contributed by atoms with Crippen LogP contribution in [0.5, 0.6) is 0 Å². The third-order valence-corrected chi connectivity index (χ3v) is 2.81. The van der Waals surface area contributed by atoms with E-state index in [2.05, 4.69) is 4.98 Å². The highest BCUT2D eigenvalue weighted by Gasteiger charge is 2.06. The molecule has 1 N–H and O–H groups in total. The minimum absolute atomic E-state index is 0.00860. The van der Waals surface area contributed by atoms with E-state index in [1.54, 1.807) is 0 Å². The van der Waals surface area contributed by atoms with Gasteiger partial charge in [-0.05, 0) is 17.7 Å². The van der Waals surface area contributed by atoms with Crippen LogP contribution in [0.25, 0.3) is 0 Å². The Hall–Kier alpha value is -1.59. The molecule has 2 rings (SSSR count). The quantitative estimate of drug-likeness (QED) is 0.860. The van der Waals surface area contributed by atoms with Crippen molar-refractivity contribution in [1.82, 2.24) is 9.55 Å². The number of H-pyrrole nitrogens is 1. The van der Waals surface area contributed by atoms with Crippen molar-refractivity contribution in [1.29, 1.82) is 0 Å². The van der Waals surface area contributed by atoms with Crippen LogP contribution in [0, 0.1) is 5.82 Å². The second-order valence-corrected chi connectivity index (χ2v) is 4.41. The van der Waals surface area contributed by atoms with Gasteiger partial charge in [-0.2, -0.15) is 0 Å². The number of hydrogen-bond acceptors (Lipinski definition) is 2. The summed E-state index contributed by atoms with van der Waals surface area (Å²) in [4.78, 5) is 25.4. The predicted molar refractivity (Wildman–Crippen MR) is 66.8 cm³/mol. The Morgan fingerprint density at radius 2 is 1.94 bits per heavy atom. The molecule has 0 aliphatic heterocycles. The summed E-state index contributed by atoms with van der Waals surface area (Å²) in [6.45, 7) is -0.00860. The molecule has 0 aliphatic rings. The molecule has 7 heteroatoms. The predicted octanol–water partition coefficient (Wildman–Crippen LogP) is 2.03. The van der Waals surface area contributed by atoms with Crippen molar-refractivity contribution in [3.63, 3.8) is 0 Å². The Labute approximate surface area is 111 Å². The number of halogens is 3. The normalized spacial score (nSPS) is 10.6. The molecular weight excluding hydrogens is 282 g/mol. The van der Waals surface area contributed by atoms with Gasteiger partial charge in [-0.1, -0.05) is 29.3 Å². The lowest BCUT2D eigenvalue weighted by Crippen LogP contribution is -2.34. The number of aromatic nitrogens is 2. The molecule has 18 heavy (non-hydrogen) atoms. The largest absolute Gasteiger partial charge is 0.329 e. The minimum Gasteiger partial charge on any atom is -0.298 e. The molecule has 0 spiro atoms. The SMILES string of the molecule is O=c1cc(Cl)[nH]c(=O)n1Cc1ccc(F)c(Cl)c1. The maximum absolute atomic E-state index is 13.0. The van der Waals surface area contributed by atoms with Crippen LogP contribution < -0.4 is 11.2 Å². The van der Waals surface area contributed by atoms with Gasteiger partial charge in [0, 0.05) is 6.07 Å². The number of nitrogens with zero attached hydrogens (tertiary/aromatic N) is 1. The topological polar surface area (TPSA) is 54.9 Å². The van der Waals surface area contributed by atoms with Crippen molar-refractivity contribution < 1.29 is 4.39 Å². The second kappa shape index (κ2) is 4.96. The third kappa shape index (κ3) is 2.63. The number of nitrogens with one attached hydrogen (secondary N) is 1. The molecule has 2 aromatic rings. The van der Waals surface area contributed by atoms with Gasteiger partial charge in [0.1, 0.15) is 11.0 Å². The first-order chi connectivity index (χ1) is 8.47. The van der Waals surface area contributed by atoms with Gasteiger partial charge in [0.25, 0.3) is 5.56 Å². The second-order valence-electron chi connectivity index (χ2n) is 3.60. The van der Waals surface area contributed by atoms with Crippen LogP contribution in [0.3, 0.4) is 0 Å². The summed E-state index contributed by atoms with van der Waals surface area (Å²) >= 11 is 11.1. The lowest BCUT2D eigenvalue weighted by molar-refractivity contribution is 0.625. The zero-order valence-corrected chi connectivity index (χ0v) is 10.4. The molecule has 0 aliphatic carbocycles. The van der Waals surface area contributed by atoms with E-state index < -0.39 is 17.1 Å². The van der Waals surface area contributed by atoms with Gasteiger partial charge in [0.05, 0.1) is 11.6 Å². The summed E-state index contributed by atoms with van der Waals surface area (Å²) in [6, 6.07) is 5.07. The van der Waals surface area contributed by atoms with E-state index in [4.69, 9.17) is 23.2 Å². The van der Waals surface area contributed by atoms with E-state index in [1.807, 2.05) is 0 Å². The summed E-state index contributed by atoms with van der Waals surface area (Å²) < 4.78 is 13.9. The molecule has 0 saturated carbocycles. The van der Waals surface area contributed by atoms with Crippen molar-refractivity contribution in [2.45, 2.75) is 6.54 Å². The summed E-state index contributed by atoms with van der Waals surface area (Å²) in [5, 5.41) is -0.0932. The Morgan fingerprint density at radius 3 is 2.56 bits per heavy atom. The van der Waals surface area contributed by atoms with Crippen LogP contribution in [0.2, 0.25) is 10.2 Å². The molecular formula is C11H7Cl2FN2O2. The van der Waals surface area contributed by atoms with Gasteiger partial charge in [0.15, 0.2) is 0 Å². The van der Waals surface area contributed by atoms with E-state index in [-0.39, 0.29) is 16.7 Å². The summed E-state index contributed by atoms with van der Waals surface area (Å²) in [5.41, 5.74) is -0.631. The molecule has 1 aromatic carbocycles. The Bertz CT molecular complexity index is 678. The van der Waals surface area contributed by atoms with E-state index in [0.717, 1.165) is 10.6 Å². The number of hydrogen-bond donors (Lipinski definition) is 1. The summed E-state index contributed by atoms with van der Waals surface area (Å²) in [7, 11) is 0. The summed E-state index contributed by atoms with van der Waals surface area (Å²) in [5.74, 6) is -0.558. The molecule has 0 atom stereocenters. The van der Waals surface area contributed by atoms with E-state index in [1.165, 1.54) is 18.2 Å². The van der Waals surface area contributed by atoms with E-state index >= 15 is 0 Å². The molecule has 1 heterocycles. The number of rotatable bonds is 2. The fourth-order valence-corrected chi connectivity index (χ4v) is 1.84. The monoisotopic (exact) mass is 288 g/mol. The Kier molecular flexibility index (Phi) is 3.54. The molecule has 0 saturated heterocycles. The molecule has 0 bridgehead atoms. The first kappa shape index (κ1) is 12.9. The molecule has 4 nitrogen and oxygen atoms in total. The highest BCUT2D eigenvalue weighted by Crippen LogP contribution is 2.16. The van der Waals surface area contributed by atoms with Gasteiger partial charge >= 0.3 is 5.69 Å². The van der Waals surface area contributed by atoms with Crippen LogP contribution in [0.15, 0.2) is 33.9 Å². The van der Waals surface area contributed by atoms with Crippen molar-refractivity contribution in [3.8, 4) is 0 Å². The van der Waals surface area contributed by atoms with Gasteiger partial charge in [-0.25, -0.2) is 9.18 Å². The average molecular weight is 289 g/mol. The lowest BCUT2D eigenvalue weighted by atomic mass is 10.2. The Morgan fingerprint density at radius 1 is 1.22 bits per heavy atom. The van der Waals surface area contributed by atoms with Crippen molar-refractivity contribution in [2.75, 3.05) is 0 Å². The molecule has 1 aromatic heterocycles. The van der Waals surface area contributed by atoms with Crippen LogP contribution in [-0.4, -0.2) is 9.55 Å². The van der Waals surface area contributed by atoms with Crippen LogP contribution >= 0.6 is 23.2 Å². The zero-order valence-electron chi connectivity index (χ0n) is 8.91. The van der Waals surface area contributed by atoms with Crippen molar-refractivity contribution in [2.24, 2.45) is 0 Å². The molecule has 0 amide bonds. The fraction of sp³-hybridized carbons (Fsp3) is 0.0909. The molecule has 0 fully saturated rings. The van der Waals surface area contributed by atoms with E-state index in [9.17, 15) is 14.0 Å². The minimum atomic E-state index is -0.632. The number of aromatic amines is 1. The standard InChI is InChI=1S/C11H7Cl2FN2O2/c12-7-3-6(1-2-8(7)14)5-16-10(17)4-9(13)15-11(16)18/h1-4H,5H2,(H,15,18). The summed E-state index contributed by atoms with van der Waals surface area (Å²) in [6.07, 6.45) is 0. The van der Waals surface area contributed by atoms with Gasteiger partial charge in [0.2, 0.25) is 0 Å². The van der Waals surface area contributed by atoms with Gasteiger partial charge in [-0.15, -0.1) is 0 Å². The van der Waals surface area contributed by atoms with Crippen LogP contribution in [0.4, 0.5) is 4.39 Å². The Balaban J connectivity index is 2.43. The van der Waals surface area contributed by atoms with Crippen molar-refractivity contribution in [3.05, 3.63) is 66.7 Å².